The fourth-order valence-corrected chi connectivity index (χ4v) is 3.13. The number of carbonyl (C=O) groups excluding carboxylic acids is 1. The average Bonchev–Trinajstić information content (AvgIpc) is 2.65. The van der Waals surface area contributed by atoms with Crippen molar-refractivity contribution in [1.29, 1.82) is 0 Å². The lowest BCUT2D eigenvalue weighted by atomic mass is 9.96. The molecule has 0 saturated heterocycles. The van der Waals surface area contributed by atoms with Crippen LogP contribution in [0.3, 0.4) is 0 Å². The van der Waals surface area contributed by atoms with E-state index < -0.39 is 0 Å². The molecule has 3 aromatic carbocycles. The number of hydrogen-bond donors (Lipinski definition) is 2. The third-order valence-corrected chi connectivity index (χ3v) is 4.36. The van der Waals surface area contributed by atoms with E-state index in [-0.39, 0.29) is 11.9 Å². The van der Waals surface area contributed by atoms with Gasteiger partial charge < -0.3 is 10.6 Å². The summed E-state index contributed by atoms with van der Waals surface area (Å²) in [5.74, 6) is -0.108. The minimum atomic E-state index is -0.108. The van der Waals surface area contributed by atoms with Crippen LogP contribution in [0.5, 0.6) is 0 Å². The number of amides is 1. The second kappa shape index (κ2) is 8.65. The molecule has 4 heteroatoms. The standard InChI is InChI=1S/C22H21ClN2O/c1-16(26)25-21-13-12-19(23)14-20(21)22(18-10-6-3-7-11-18)24-15-17-8-4-2-5-9-17/h2-14,22,24H,15H2,1H3,(H,25,26). The van der Waals surface area contributed by atoms with Crippen molar-refractivity contribution in [2.75, 3.05) is 5.32 Å². The average molecular weight is 365 g/mol. The summed E-state index contributed by atoms with van der Waals surface area (Å²) in [6.45, 7) is 2.21. The summed E-state index contributed by atoms with van der Waals surface area (Å²) in [5.41, 5.74) is 4.00. The predicted octanol–water partition coefficient (Wildman–Crippen LogP) is 5.18. The minimum absolute atomic E-state index is 0.100. The van der Waals surface area contributed by atoms with Gasteiger partial charge in [0.05, 0.1) is 6.04 Å². The number of hydrogen-bond acceptors (Lipinski definition) is 2. The highest BCUT2D eigenvalue weighted by molar-refractivity contribution is 6.30. The second-order valence-corrected chi connectivity index (χ2v) is 6.56. The Balaban J connectivity index is 1.98. The predicted molar refractivity (Wildman–Crippen MR) is 107 cm³/mol. The Morgan fingerprint density at radius 3 is 2.27 bits per heavy atom. The third-order valence-electron chi connectivity index (χ3n) is 4.12. The van der Waals surface area contributed by atoms with Gasteiger partial charge in [0.15, 0.2) is 0 Å². The maximum atomic E-state index is 11.6. The summed E-state index contributed by atoms with van der Waals surface area (Å²) >= 11 is 6.26. The van der Waals surface area contributed by atoms with Gasteiger partial charge in [-0.3, -0.25) is 4.79 Å². The van der Waals surface area contributed by atoms with Gasteiger partial charge in [-0.15, -0.1) is 0 Å². The molecule has 26 heavy (non-hydrogen) atoms. The highest BCUT2D eigenvalue weighted by Crippen LogP contribution is 2.31. The van der Waals surface area contributed by atoms with E-state index in [0.29, 0.717) is 11.6 Å². The van der Waals surface area contributed by atoms with Crippen LogP contribution in [-0.4, -0.2) is 5.91 Å². The van der Waals surface area contributed by atoms with Crippen molar-refractivity contribution < 1.29 is 4.79 Å². The van der Waals surface area contributed by atoms with Crippen LogP contribution in [0, 0.1) is 0 Å². The summed E-state index contributed by atoms with van der Waals surface area (Å²) in [7, 11) is 0. The zero-order chi connectivity index (χ0) is 18.4. The van der Waals surface area contributed by atoms with Crippen LogP contribution in [0.25, 0.3) is 0 Å². The molecule has 1 atom stereocenters. The Bertz CT molecular complexity index is 866. The quantitative estimate of drug-likeness (QED) is 0.633. The Morgan fingerprint density at radius 1 is 0.962 bits per heavy atom. The maximum absolute atomic E-state index is 11.6. The highest BCUT2D eigenvalue weighted by Gasteiger charge is 2.18. The van der Waals surface area contributed by atoms with E-state index in [9.17, 15) is 4.79 Å². The van der Waals surface area contributed by atoms with Crippen LogP contribution in [0.2, 0.25) is 5.02 Å². The molecular formula is C22H21ClN2O. The van der Waals surface area contributed by atoms with Gasteiger partial charge >= 0.3 is 0 Å². The van der Waals surface area contributed by atoms with Crippen molar-refractivity contribution in [3.8, 4) is 0 Å². The van der Waals surface area contributed by atoms with Gasteiger partial charge in [0.25, 0.3) is 0 Å². The molecule has 3 nitrogen and oxygen atoms in total. The van der Waals surface area contributed by atoms with Crippen molar-refractivity contribution in [1.82, 2.24) is 5.32 Å². The number of benzene rings is 3. The molecule has 2 N–H and O–H groups in total. The Kier molecular flexibility index (Phi) is 6.05. The third kappa shape index (κ3) is 4.72. The van der Waals surface area contributed by atoms with Gasteiger partial charge in [-0.25, -0.2) is 0 Å². The summed E-state index contributed by atoms with van der Waals surface area (Å²) in [6.07, 6.45) is 0. The van der Waals surface area contributed by atoms with E-state index >= 15 is 0 Å². The topological polar surface area (TPSA) is 41.1 Å². The maximum Gasteiger partial charge on any atom is 0.221 e. The van der Waals surface area contributed by atoms with Crippen LogP contribution < -0.4 is 10.6 Å². The van der Waals surface area contributed by atoms with Crippen molar-refractivity contribution >= 4 is 23.2 Å². The second-order valence-electron chi connectivity index (χ2n) is 6.12. The van der Waals surface area contributed by atoms with Crippen LogP contribution in [0.4, 0.5) is 5.69 Å². The lowest BCUT2D eigenvalue weighted by Gasteiger charge is -2.23. The first kappa shape index (κ1) is 18.2. The smallest absolute Gasteiger partial charge is 0.221 e. The first-order chi connectivity index (χ1) is 12.6. The number of anilines is 1. The summed E-state index contributed by atoms with van der Waals surface area (Å²) < 4.78 is 0. The molecule has 0 spiro atoms. The summed E-state index contributed by atoms with van der Waals surface area (Å²) in [5, 5.41) is 7.15. The Morgan fingerprint density at radius 2 is 1.62 bits per heavy atom. The van der Waals surface area contributed by atoms with Gasteiger partial charge in [0.1, 0.15) is 0 Å². The zero-order valence-corrected chi connectivity index (χ0v) is 15.3. The lowest BCUT2D eigenvalue weighted by molar-refractivity contribution is -0.114. The van der Waals surface area contributed by atoms with E-state index in [2.05, 4.69) is 34.9 Å². The van der Waals surface area contributed by atoms with Crippen LogP contribution in [-0.2, 0) is 11.3 Å². The monoisotopic (exact) mass is 364 g/mol. The summed E-state index contributed by atoms with van der Waals surface area (Å²) in [6, 6.07) is 25.8. The first-order valence-electron chi connectivity index (χ1n) is 8.53. The molecule has 0 aliphatic heterocycles. The van der Waals surface area contributed by atoms with Crippen molar-refractivity contribution in [2.24, 2.45) is 0 Å². The van der Waals surface area contributed by atoms with E-state index in [1.807, 2.05) is 48.5 Å². The lowest BCUT2D eigenvalue weighted by Crippen LogP contribution is -2.23. The normalized spacial score (nSPS) is 11.8. The number of halogens is 1. The zero-order valence-electron chi connectivity index (χ0n) is 14.6. The van der Waals surface area contributed by atoms with Crippen LogP contribution in [0.15, 0.2) is 78.9 Å². The van der Waals surface area contributed by atoms with E-state index in [1.54, 1.807) is 6.07 Å². The molecule has 1 amide bonds. The molecule has 0 saturated carbocycles. The Labute approximate surface area is 159 Å². The molecule has 0 heterocycles. The molecule has 3 aromatic rings. The van der Waals surface area contributed by atoms with Gasteiger partial charge in [-0.2, -0.15) is 0 Å². The first-order valence-corrected chi connectivity index (χ1v) is 8.90. The molecule has 0 aliphatic carbocycles. The highest BCUT2D eigenvalue weighted by atomic mass is 35.5. The number of nitrogens with one attached hydrogen (secondary N) is 2. The fourth-order valence-electron chi connectivity index (χ4n) is 2.94. The molecule has 132 valence electrons. The van der Waals surface area contributed by atoms with Crippen LogP contribution >= 0.6 is 11.6 Å². The molecule has 0 aliphatic rings. The number of rotatable bonds is 6. The van der Waals surface area contributed by atoms with Crippen molar-refractivity contribution in [2.45, 2.75) is 19.5 Å². The van der Waals surface area contributed by atoms with Gasteiger partial charge in [-0.1, -0.05) is 72.3 Å². The summed E-state index contributed by atoms with van der Waals surface area (Å²) in [4.78, 5) is 11.6. The molecule has 0 radical (unpaired) electrons. The minimum Gasteiger partial charge on any atom is -0.326 e. The van der Waals surface area contributed by atoms with Crippen molar-refractivity contribution in [3.63, 3.8) is 0 Å². The SMILES string of the molecule is CC(=O)Nc1ccc(Cl)cc1C(NCc1ccccc1)c1ccccc1. The molecule has 0 fully saturated rings. The van der Waals surface area contributed by atoms with E-state index in [4.69, 9.17) is 11.6 Å². The van der Waals surface area contributed by atoms with Gasteiger partial charge in [0.2, 0.25) is 5.91 Å². The van der Waals surface area contributed by atoms with Crippen LogP contribution in [0.1, 0.15) is 29.7 Å². The Hall–Kier alpha value is -2.62. The molecule has 0 bridgehead atoms. The largest absolute Gasteiger partial charge is 0.326 e. The fraction of sp³-hybridized carbons (Fsp3) is 0.136. The van der Waals surface area contributed by atoms with E-state index in [1.165, 1.54) is 12.5 Å². The van der Waals surface area contributed by atoms with Crippen molar-refractivity contribution in [3.05, 3.63) is 101 Å². The van der Waals surface area contributed by atoms with Gasteiger partial charge in [-0.05, 0) is 34.9 Å². The van der Waals surface area contributed by atoms with E-state index in [0.717, 1.165) is 16.8 Å². The molecule has 0 aromatic heterocycles. The molecular weight excluding hydrogens is 344 g/mol. The molecule has 3 rings (SSSR count). The van der Waals surface area contributed by atoms with Gasteiger partial charge in [0, 0.05) is 24.2 Å². The number of carbonyl (C=O) groups is 1. The molecule has 1 unspecified atom stereocenters.